The van der Waals surface area contributed by atoms with Crippen molar-refractivity contribution in [1.82, 2.24) is 0 Å². The molecule has 2 aromatic rings. The zero-order valence-electron chi connectivity index (χ0n) is 8.99. The second kappa shape index (κ2) is 6.11. The van der Waals surface area contributed by atoms with Crippen LogP contribution < -0.4 is 0 Å². The molecular formula is C13H7BrCl2OS. The minimum atomic E-state index is 0.628. The molecule has 0 fully saturated rings. The standard InChI is InChI=1S/C13H7BrCl2OS/c14-10-5-8(7-17)1-4-12(10)18-13-6-9(15)2-3-11(13)16/h1-7H. The monoisotopic (exact) mass is 360 g/mol. The fraction of sp³-hybridized carbons (Fsp3) is 0. The van der Waals surface area contributed by atoms with Crippen LogP contribution in [0, 0.1) is 0 Å². The van der Waals surface area contributed by atoms with Gasteiger partial charge in [0.15, 0.2) is 0 Å². The van der Waals surface area contributed by atoms with E-state index in [2.05, 4.69) is 15.9 Å². The topological polar surface area (TPSA) is 17.1 Å². The largest absolute Gasteiger partial charge is 0.298 e. The number of carbonyl (C=O) groups excluding carboxylic acids is 1. The normalized spacial score (nSPS) is 10.4. The van der Waals surface area contributed by atoms with Crippen molar-refractivity contribution >= 4 is 57.2 Å². The average molecular weight is 362 g/mol. The van der Waals surface area contributed by atoms with E-state index < -0.39 is 0 Å². The first-order valence-corrected chi connectivity index (χ1v) is 7.34. The molecule has 0 aliphatic rings. The van der Waals surface area contributed by atoms with Gasteiger partial charge in [-0.15, -0.1) is 0 Å². The van der Waals surface area contributed by atoms with Crippen LogP contribution in [0.3, 0.4) is 0 Å². The summed E-state index contributed by atoms with van der Waals surface area (Å²) < 4.78 is 0.855. The molecule has 5 heteroatoms. The van der Waals surface area contributed by atoms with Gasteiger partial charge in [0.2, 0.25) is 0 Å². The van der Waals surface area contributed by atoms with E-state index in [1.807, 2.05) is 12.1 Å². The van der Waals surface area contributed by atoms with Crippen molar-refractivity contribution in [3.05, 3.63) is 56.5 Å². The summed E-state index contributed by atoms with van der Waals surface area (Å²) in [6, 6.07) is 10.7. The van der Waals surface area contributed by atoms with E-state index in [1.54, 1.807) is 24.3 Å². The van der Waals surface area contributed by atoms with Gasteiger partial charge in [-0.05, 0) is 46.3 Å². The Morgan fingerprint density at radius 1 is 1.06 bits per heavy atom. The summed E-state index contributed by atoms with van der Waals surface area (Å²) in [4.78, 5) is 12.5. The van der Waals surface area contributed by atoms with Crippen LogP contribution in [0.5, 0.6) is 0 Å². The van der Waals surface area contributed by atoms with Crippen LogP contribution in [-0.2, 0) is 0 Å². The summed E-state index contributed by atoms with van der Waals surface area (Å²) in [7, 11) is 0. The number of halogens is 3. The lowest BCUT2D eigenvalue weighted by Gasteiger charge is -2.07. The first kappa shape index (κ1) is 13.9. The Balaban J connectivity index is 2.34. The van der Waals surface area contributed by atoms with Crippen molar-refractivity contribution < 1.29 is 4.79 Å². The molecule has 0 saturated heterocycles. The van der Waals surface area contributed by atoms with Gasteiger partial charge in [0.05, 0.1) is 5.02 Å². The van der Waals surface area contributed by atoms with Crippen LogP contribution in [0.1, 0.15) is 10.4 Å². The maximum atomic E-state index is 10.7. The molecule has 0 atom stereocenters. The molecule has 92 valence electrons. The molecule has 2 rings (SSSR count). The molecule has 0 aromatic heterocycles. The average Bonchev–Trinajstić information content (AvgIpc) is 2.36. The summed E-state index contributed by atoms with van der Waals surface area (Å²) in [6.07, 6.45) is 0.811. The summed E-state index contributed by atoms with van der Waals surface area (Å²) in [5, 5.41) is 1.29. The fourth-order valence-corrected chi connectivity index (χ4v) is 3.34. The fourth-order valence-electron chi connectivity index (χ4n) is 1.35. The Morgan fingerprint density at radius 3 is 2.50 bits per heavy atom. The smallest absolute Gasteiger partial charge is 0.150 e. The number of carbonyl (C=O) groups is 1. The molecular weight excluding hydrogens is 355 g/mol. The number of benzene rings is 2. The predicted molar refractivity (Wildman–Crippen MR) is 80.1 cm³/mol. The molecule has 2 aromatic carbocycles. The SMILES string of the molecule is O=Cc1ccc(Sc2cc(Cl)ccc2Cl)c(Br)c1. The Hall–Kier alpha value is -0.480. The van der Waals surface area contributed by atoms with E-state index in [4.69, 9.17) is 23.2 Å². The lowest BCUT2D eigenvalue weighted by Crippen LogP contribution is -1.82. The van der Waals surface area contributed by atoms with Crippen LogP contribution >= 0.6 is 50.9 Å². The number of rotatable bonds is 3. The van der Waals surface area contributed by atoms with Crippen molar-refractivity contribution in [2.75, 3.05) is 0 Å². The zero-order valence-corrected chi connectivity index (χ0v) is 12.9. The van der Waals surface area contributed by atoms with Crippen LogP contribution in [0.25, 0.3) is 0 Å². The highest BCUT2D eigenvalue weighted by Crippen LogP contribution is 2.38. The molecule has 0 N–H and O–H groups in total. The van der Waals surface area contributed by atoms with Gasteiger partial charge in [-0.3, -0.25) is 4.79 Å². The maximum absolute atomic E-state index is 10.7. The third kappa shape index (κ3) is 3.29. The van der Waals surface area contributed by atoms with Crippen LogP contribution in [-0.4, -0.2) is 6.29 Å². The highest BCUT2D eigenvalue weighted by atomic mass is 79.9. The van der Waals surface area contributed by atoms with Crippen LogP contribution in [0.15, 0.2) is 50.7 Å². The summed E-state index contributed by atoms with van der Waals surface area (Å²) >= 11 is 17.0. The molecule has 1 nitrogen and oxygen atoms in total. The van der Waals surface area contributed by atoms with Gasteiger partial charge >= 0.3 is 0 Å². The van der Waals surface area contributed by atoms with Crippen molar-refractivity contribution in [3.63, 3.8) is 0 Å². The van der Waals surface area contributed by atoms with Crippen molar-refractivity contribution in [2.24, 2.45) is 0 Å². The molecule has 0 aliphatic heterocycles. The zero-order chi connectivity index (χ0) is 13.1. The van der Waals surface area contributed by atoms with Gasteiger partial charge in [0.25, 0.3) is 0 Å². The first-order chi connectivity index (χ1) is 8.60. The maximum Gasteiger partial charge on any atom is 0.150 e. The molecule has 0 radical (unpaired) electrons. The minimum Gasteiger partial charge on any atom is -0.298 e. The Kier molecular flexibility index (Phi) is 4.73. The van der Waals surface area contributed by atoms with Crippen LogP contribution in [0.4, 0.5) is 0 Å². The minimum absolute atomic E-state index is 0.628. The third-order valence-electron chi connectivity index (χ3n) is 2.21. The quantitative estimate of drug-likeness (QED) is 0.650. The molecule has 18 heavy (non-hydrogen) atoms. The highest BCUT2D eigenvalue weighted by Gasteiger charge is 2.07. The highest BCUT2D eigenvalue weighted by molar-refractivity contribution is 9.10. The summed E-state index contributed by atoms with van der Waals surface area (Å²) in [5.74, 6) is 0. The van der Waals surface area contributed by atoms with Crippen LogP contribution in [0.2, 0.25) is 10.0 Å². The Bertz CT molecular complexity index is 602. The van der Waals surface area contributed by atoms with Gasteiger partial charge in [-0.2, -0.15) is 0 Å². The molecule has 0 bridgehead atoms. The summed E-state index contributed by atoms with van der Waals surface area (Å²) in [6.45, 7) is 0. The number of aldehydes is 1. The van der Waals surface area contributed by atoms with Gasteiger partial charge in [0.1, 0.15) is 6.29 Å². The van der Waals surface area contributed by atoms with Crippen molar-refractivity contribution in [3.8, 4) is 0 Å². The predicted octanol–water partition coefficient (Wildman–Crippen LogP) is 5.72. The van der Waals surface area contributed by atoms with E-state index in [1.165, 1.54) is 11.8 Å². The molecule has 0 aliphatic carbocycles. The Labute approximate surface area is 128 Å². The van der Waals surface area contributed by atoms with E-state index in [9.17, 15) is 4.79 Å². The van der Waals surface area contributed by atoms with E-state index in [0.717, 1.165) is 20.5 Å². The third-order valence-corrected chi connectivity index (χ3v) is 4.93. The van der Waals surface area contributed by atoms with Crippen molar-refractivity contribution in [2.45, 2.75) is 9.79 Å². The molecule has 0 spiro atoms. The number of hydrogen-bond donors (Lipinski definition) is 0. The van der Waals surface area contributed by atoms with Gasteiger partial charge in [-0.25, -0.2) is 0 Å². The second-order valence-corrected chi connectivity index (χ2v) is 6.27. The lowest BCUT2D eigenvalue weighted by atomic mass is 10.2. The molecule has 0 heterocycles. The molecule has 0 saturated carbocycles. The van der Waals surface area contributed by atoms with E-state index in [-0.39, 0.29) is 0 Å². The molecule has 0 unspecified atom stereocenters. The lowest BCUT2D eigenvalue weighted by molar-refractivity contribution is 0.112. The van der Waals surface area contributed by atoms with Gasteiger partial charge < -0.3 is 0 Å². The second-order valence-electron chi connectivity index (χ2n) is 3.48. The summed E-state index contributed by atoms with van der Waals surface area (Å²) in [5.41, 5.74) is 0.628. The Morgan fingerprint density at radius 2 is 1.83 bits per heavy atom. The number of hydrogen-bond acceptors (Lipinski definition) is 2. The van der Waals surface area contributed by atoms with E-state index in [0.29, 0.717) is 15.6 Å². The van der Waals surface area contributed by atoms with Crippen molar-refractivity contribution in [1.29, 1.82) is 0 Å². The van der Waals surface area contributed by atoms with E-state index >= 15 is 0 Å². The first-order valence-electron chi connectivity index (χ1n) is 4.98. The van der Waals surface area contributed by atoms with Gasteiger partial charge in [-0.1, -0.05) is 41.0 Å². The molecule has 0 amide bonds. The van der Waals surface area contributed by atoms with Gasteiger partial charge in [0, 0.05) is 24.8 Å².